The molecule has 0 unspecified atom stereocenters. The van der Waals surface area contributed by atoms with Gasteiger partial charge >= 0.3 is 0 Å². The zero-order valence-electron chi connectivity index (χ0n) is 5.75. The van der Waals surface area contributed by atoms with Gasteiger partial charge in [0.25, 0.3) is 0 Å². The molecule has 0 aliphatic carbocycles. The number of sulfone groups is 1. The molecule has 0 aromatic carbocycles. The van der Waals surface area contributed by atoms with E-state index < -0.39 is 15.0 Å². The first-order valence-electron chi connectivity index (χ1n) is 2.43. The van der Waals surface area contributed by atoms with Crippen LogP contribution in [0.5, 0.6) is 0 Å². The third-order valence-corrected chi connectivity index (χ3v) is 1.42. The molecule has 0 fully saturated rings. The van der Waals surface area contributed by atoms with Crippen LogP contribution in [0.1, 0.15) is 6.92 Å². The molecule has 0 aromatic heterocycles. The summed E-state index contributed by atoms with van der Waals surface area (Å²) in [4.78, 5) is 3.24. The Bertz CT molecular complexity index is 260. The van der Waals surface area contributed by atoms with E-state index in [1.165, 1.54) is 6.92 Å². The van der Waals surface area contributed by atoms with E-state index in [4.69, 9.17) is 11.1 Å². The van der Waals surface area contributed by atoms with Crippen molar-refractivity contribution in [1.82, 2.24) is 0 Å². The van der Waals surface area contributed by atoms with Crippen molar-refractivity contribution in [2.75, 3.05) is 6.26 Å². The molecular weight excluding hydrogens is 154 g/mol. The molecular formula is C4H9N3O2S. The highest BCUT2D eigenvalue weighted by molar-refractivity contribution is 8.05. The Morgan fingerprint density at radius 1 is 1.60 bits per heavy atom. The van der Waals surface area contributed by atoms with Crippen LogP contribution >= 0.6 is 0 Å². The topological polar surface area (TPSA) is 96.4 Å². The number of nitrogens with zero attached hydrogens (tertiary/aromatic N) is 1. The first-order valence-corrected chi connectivity index (χ1v) is 4.32. The lowest BCUT2D eigenvalue weighted by atomic mass is 10.7. The Kier molecular flexibility index (Phi) is 2.53. The second-order valence-electron chi connectivity index (χ2n) is 1.83. The van der Waals surface area contributed by atoms with Gasteiger partial charge in [-0.05, 0) is 6.92 Å². The van der Waals surface area contributed by atoms with Crippen LogP contribution < -0.4 is 5.73 Å². The number of nitrogens with one attached hydrogen (secondary N) is 1. The maximum atomic E-state index is 10.5. The van der Waals surface area contributed by atoms with Crippen molar-refractivity contribution in [2.24, 2.45) is 10.7 Å². The van der Waals surface area contributed by atoms with Crippen LogP contribution in [0.15, 0.2) is 4.99 Å². The molecule has 0 spiro atoms. The fourth-order valence-electron chi connectivity index (χ4n) is 0.243. The van der Waals surface area contributed by atoms with Gasteiger partial charge < -0.3 is 5.73 Å². The minimum atomic E-state index is -3.48. The van der Waals surface area contributed by atoms with Gasteiger partial charge in [0.1, 0.15) is 0 Å². The predicted molar refractivity (Wildman–Crippen MR) is 39.9 cm³/mol. The molecule has 0 saturated carbocycles. The van der Waals surface area contributed by atoms with Crippen LogP contribution in [-0.2, 0) is 9.84 Å². The van der Waals surface area contributed by atoms with Crippen molar-refractivity contribution in [3.05, 3.63) is 0 Å². The summed E-state index contributed by atoms with van der Waals surface area (Å²) >= 11 is 0. The summed E-state index contributed by atoms with van der Waals surface area (Å²) in [6, 6.07) is 0. The Morgan fingerprint density at radius 3 is 2.10 bits per heavy atom. The molecule has 0 aromatic rings. The van der Waals surface area contributed by atoms with Gasteiger partial charge in [0.2, 0.25) is 15.0 Å². The van der Waals surface area contributed by atoms with E-state index in [-0.39, 0.29) is 5.84 Å². The number of hydrogen-bond donors (Lipinski definition) is 2. The van der Waals surface area contributed by atoms with Gasteiger partial charge in [-0.15, -0.1) is 0 Å². The molecule has 0 radical (unpaired) electrons. The lowest BCUT2D eigenvalue weighted by Gasteiger charge is -1.92. The molecule has 0 aliphatic rings. The minimum absolute atomic E-state index is 0.0652. The Labute approximate surface area is 59.4 Å². The van der Waals surface area contributed by atoms with E-state index in [1.54, 1.807) is 0 Å². The molecule has 5 nitrogen and oxygen atoms in total. The summed E-state index contributed by atoms with van der Waals surface area (Å²) in [6.07, 6.45) is 0.905. The van der Waals surface area contributed by atoms with Crippen LogP contribution in [0.25, 0.3) is 0 Å². The van der Waals surface area contributed by atoms with Crippen molar-refractivity contribution >= 4 is 20.8 Å². The molecule has 0 bridgehead atoms. The van der Waals surface area contributed by atoms with Crippen LogP contribution in [0.2, 0.25) is 0 Å². The summed E-state index contributed by atoms with van der Waals surface area (Å²) in [5.41, 5.74) is 5.03. The number of rotatable bonds is 0. The predicted octanol–water partition coefficient (Wildman–Crippen LogP) is -0.657. The lowest BCUT2D eigenvalue weighted by Crippen LogP contribution is -2.14. The van der Waals surface area contributed by atoms with E-state index in [9.17, 15) is 8.42 Å². The van der Waals surface area contributed by atoms with Crippen molar-refractivity contribution in [3.8, 4) is 0 Å². The number of amidine groups is 2. The van der Waals surface area contributed by atoms with Crippen molar-refractivity contribution in [1.29, 1.82) is 5.41 Å². The van der Waals surface area contributed by atoms with Crippen LogP contribution in [-0.4, -0.2) is 25.7 Å². The molecule has 0 heterocycles. The van der Waals surface area contributed by atoms with Gasteiger partial charge in [0.15, 0.2) is 0 Å². The lowest BCUT2D eigenvalue weighted by molar-refractivity contribution is 0.612. The van der Waals surface area contributed by atoms with Gasteiger partial charge in [-0.1, -0.05) is 0 Å². The summed E-state index contributed by atoms with van der Waals surface area (Å²) in [7, 11) is -3.48. The molecule has 3 N–H and O–H groups in total. The van der Waals surface area contributed by atoms with Gasteiger partial charge in [0, 0.05) is 6.26 Å². The van der Waals surface area contributed by atoms with Gasteiger partial charge in [0.05, 0.1) is 5.84 Å². The average Bonchev–Trinajstić information content (AvgIpc) is 1.60. The minimum Gasteiger partial charge on any atom is -0.387 e. The molecule has 0 saturated heterocycles. The molecule has 0 rings (SSSR count). The molecule has 0 aliphatic heterocycles. The van der Waals surface area contributed by atoms with Gasteiger partial charge in [-0.3, -0.25) is 5.41 Å². The maximum absolute atomic E-state index is 10.5. The highest BCUT2D eigenvalue weighted by Gasteiger charge is 2.08. The number of aliphatic imine (C=N–C) groups is 1. The fraction of sp³-hybridized carbons (Fsp3) is 0.500. The normalized spacial score (nSPS) is 13.2. The first-order chi connectivity index (χ1) is 4.34. The summed E-state index contributed by atoms with van der Waals surface area (Å²) in [5.74, 6) is 0.0652. The third kappa shape index (κ3) is 3.18. The van der Waals surface area contributed by atoms with Crippen molar-refractivity contribution in [2.45, 2.75) is 6.92 Å². The zero-order chi connectivity index (χ0) is 8.36. The largest absolute Gasteiger partial charge is 0.387 e. The van der Waals surface area contributed by atoms with E-state index in [0.717, 1.165) is 6.26 Å². The number of nitrogens with two attached hydrogens (primary N) is 1. The summed E-state index contributed by atoms with van der Waals surface area (Å²) in [6.45, 7) is 1.42. The molecule has 58 valence electrons. The fourth-order valence-corrected chi connectivity index (χ4v) is 0.553. The van der Waals surface area contributed by atoms with Crippen molar-refractivity contribution < 1.29 is 8.42 Å². The molecule has 10 heavy (non-hydrogen) atoms. The van der Waals surface area contributed by atoms with Gasteiger partial charge in [-0.25, -0.2) is 13.4 Å². The summed E-state index contributed by atoms with van der Waals surface area (Å²) < 4.78 is 21.0. The van der Waals surface area contributed by atoms with E-state index in [1.807, 2.05) is 0 Å². The molecule has 6 heteroatoms. The van der Waals surface area contributed by atoms with Gasteiger partial charge in [-0.2, -0.15) is 0 Å². The second kappa shape index (κ2) is 2.78. The Morgan fingerprint density at radius 2 is 2.00 bits per heavy atom. The Balaban J connectivity index is 4.60. The van der Waals surface area contributed by atoms with E-state index in [2.05, 4.69) is 4.99 Å². The monoisotopic (exact) mass is 163 g/mol. The SMILES string of the molecule is CC(N)=NC(=N)S(C)(=O)=O. The second-order valence-corrected chi connectivity index (χ2v) is 3.76. The van der Waals surface area contributed by atoms with Crippen LogP contribution in [0, 0.1) is 5.41 Å². The van der Waals surface area contributed by atoms with Crippen molar-refractivity contribution in [3.63, 3.8) is 0 Å². The molecule has 0 amide bonds. The molecule has 0 atom stereocenters. The standard InChI is InChI=1S/C4H9N3O2S/c1-3(5)7-4(6)10(2,8)9/h1-2H3,(H3,5,6,7). The van der Waals surface area contributed by atoms with Crippen LogP contribution in [0.4, 0.5) is 0 Å². The highest BCUT2D eigenvalue weighted by Crippen LogP contribution is 1.87. The zero-order valence-corrected chi connectivity index (χ0v) is 6.57. The quantitative estimate of drug-likeness (QED) is 0.366. The average molecular weight is 163 g/mol. The highest BCUT2D eigenvalue weighted by atomic mass is 32.2. The van der Waals surface area contributed by atoms with E-state index >= 15 is 0 Å². The number of hydrogen-bond acceptors (Lipinski definition) is 3. The summed E-state index contributed by atoms with van der Waals surface area (Å²) in [5, 5.41) is 6.11. The van der Waals surface area contributed by atoms with E-state index in [0.29, 0.717) is 0 Å². The smallest absolute Gasteiger partial charge is 0.241 e. The Hall–Kier alpha value is -0.910. The maximum Gasteiger partial charge on any atom is 0.241 e. The van der Waals surface area contributed by atoms with Crippen LogP contribution in [0.3, 0.4) is 0 Å². The first kappa shape index (κ1) is 9.09. The third-order valence-electron chi connectivity index (χ3n) is 0.629.